The Balaban J connectivity index is 1.40. The summed E-state index contributed by atoms with van der Waals surface area (Å²) in [4.78, 5) is 36.8. The van der Waals surface area contributed by atoms with Crippen LogP contribution in [0.1, 0.15) is 58.6 Å². The van der Waals surface area contributed by atoms with Crippen LogP contribution in [0.25, 0.3) is 16.6 Å². The molecule has 0 bridgehead atoms. The smallest absolute Gasteiger partial charge is 0.267 e. The second-order valence-corrected chi connectivity index (χ2v) is 8.92. The molecule has 0 spiro atoms. The van der Waals surface area contributed by atoms with Crippen LogP contribution in [0.2, 0.25) is 0 Å². The number of aryl methyl sites for hydroxylation is 1. The number of nitrogens with zero attached hydrogens (tertiary/aromatic N) is 3. The molecule has 1 fully saturated rings. The minimum Gasteiger partial charge on any atom is -0.364 e. The van der Waals surface area contributed by atoms with E-state index in [0.717, 1.165) is 18.5 Å². The monoisotopic (exact) mass is 465 g/mol. The lowest BCUT2D eigenvalue weighted by Gasteiger charge is -2.30. The van der Waals surface area contributed by atoms with Crippen molar-refractivity contribution in [3.63, 3.8) is 0 Å². The highest BCUT2D eigenvalue weighted by Gasteiger charge is 2.32. The molecule has 1 saturated carbocycles. The zero-order valence-corrected chi connectivity index (χ0v) is 18.8. The van der Waals surface area contributed by atoms with E-state index in [1.54, 1.807) is 23.1 Å². The number of primary amides is 1. The van der Waals surface area contributed by atoms with Gasteiger partial charge in [0.15, 0.2) is 5.82 Å². The fourth-order valence-electron chi connectivity index (χ4n) is 4.50. The molecule has 3 aromatic heterocycles. The molecule has 7 nitrogen and oxygen atoms in total. The predicted octanol–water partition coefficient (Wildman–Crippen LogP) is 3.23. The first-order chi connectivity index (χ1) is 16.4. The predicted molar refractivity (Wildman–Crippen MR) is 125 cm³/mol. The molecule has 4 heterocycles. The lowest BCUT2D eigenvalue weighted by Crippen LogP contribution is -2.35. The van der Waals surface area contributed by atoms with Gasteiger partial charge < -0.3 is 10.7 Å². The molecule has 176 valence electrons. The van der Waals surface area contributed by atoms with Crippen molar-refractivity contribution in [1.29, 1.82) is 0 Å². The van der Waals surface area contributed by atoms with Gasteiger partial charge in [0.05, 0.1) is 11.2 Å². The molecule has 1 amide bonds. The largest absolute Gasteiger partial charge is 0.364 e. The number of nitrogens with two attached hydrogens (primary N) is 1. The number of carbonyl (C=O) groups excluding carboxylic acids is 1. The van der Waals surface area contributed by atoms with Crippen LogP contribution in [0.5, 0.6) is 0 Å². The van der Waals surface area contributed by atoms with Crippen LogP contribution in [-0.4, -0.2) is 45.0 Å². The summed E-state index contributed by atoms with van der Waals surface area (Å²) < 4.78 is 30.5. The minimum atomic E-state index is -1.30. The number of aromatic amines is 1. The first-order valence-electron chi connectivity index (χ1n) is 11.4. The third kappa shape index (κ3) is 4.11. The van der Waals surface area contributed by atoms with E-state index >= 15 is 8.78 Å². The van der Waals surface area contributed by atoms with Crippen LogP contribution >= 0.6 is 0 Å². The Labute approximate surface area is 194 Å². The zero-order valence-electron chi connectivity index (χ0n) is 18.8. The first kappa shape index (κ1) is 22.3. The highest BCUT2D eigenvalue weighted by atomic mass is 19.1. The van der Waals surface area contributed by atoms with Crippen molar-refractivity contribution in [1.82, 2.24) is 19.9 Å². The summed E-state index contributed by atoms with van der Waals surface area (Å²) in [5, 5.41) is 0. The Bertz CT molecular complexity index is 1380. The number of nitrogens with one attached hydrogen (secondary N) is 1. The molecule has 0 aromatic carbocycles. The SMILES string of the molecule is CCc1cc2ncc(CN3CC=C(c4ccc(C(N)=O)nc4C4CC4)C(F)C3)c(F)c2[nH]c1=O. The van der Waals surface area contributed by atoms with Gasteiger partial charge in [-0.2, -0.15) is 0 Å². The number of aromatic nitrogens is 3. The molecule has 9 heteroatoms. The molecule has 1 unspecified atom stereocenters. The number of hydrogen-bond acceptors (Lipinski definition) is 5. The summed E-state index contributed by atoms with van der Waals surface area (Å²) in [7, 11) is 0. The number of pyridine rings is 3. The number of hydrogen-bond donors (Lipinski definition) is 2. The normalized spacial score (nSPS) is 18.8. The van der Waals surface area contributed by atoms with Crippen molar-refractivity contribution in [2.75, 3.05) is 13.1 Å². The molecular formula is C25H25F2N5O2. The van der Waals surface area contributed by atoms with Gasteiger partial charge in [0.2, 0.25) is 0 Å². The van der Waals surface area contributed by atoms with E-state index in [9.17, 15) is 9.59 Å². The fraction of sp³-hybridized carbons (Fsp3) is 0.360. The Hall–Kier alpha value is -3.46. The van der Waals surface area contributed by atoms with E-state index in [0.29, 0.717) is 40.7 Å². The summed E-state index contributed by atoms with van der Waals surface area (Å²) in [6.07, 6.45) is 4.38. The Morgan fingerprint density at radius 2 is 2.09 bits per heavy atom. The van der Waals surface area contributed by atoms with E-state index in [1.165, 1.54) is 12.3 Å². The number of carbonyl (C=O) groups is 1. The Morgan fingerprint density at radius 1 is 1.29 bits per heavy atom. The Morgan fingerprint density at radius 3 is 2.76 bits per heavy atom. The second kappa shape index (κ2) is 8.72. The van der Waals surface area contributed by atoms with Gasteiger partial charge in [-0.3, -0.25) is 19.5 Å². The topological polar surface area (TPSA) is 105 Å². The van der Waals surface area contributed by atoms with Gasteiger partial charge in [-0.15, -0.1) is 0 Å². The van der Waals surface area contributed by atoms with Crippen LogP contribution in [-0.2, 0) is 13.0 Å². The summed E-state index contributed by atoms with van der Waals surface area (Å²) in [6.45, 7) is 2.50. The van der Waals surface area contributed by atoms with Crippen molar-refractivity contribution in [2.24, 2.45) is 5.73 Å². The van der Waals surface area contributed by atoms with E-state index < -0.39 is 17.9 Å². The number of amides is 1. The highest BCUT2D eigenvalue weighted by Crippen LogP contribution is 2.43. The molecule has 0 saturated heterocycles. The quantitative estimate of drug-likeness (QED) is 0.582. The second-order valence-electron chi connectivity index (χ2n) is 8.92. The van der Waals surface area contributed by atoms with Gasteiger partial charge in [-0.05, 0) is 37.0 Å². The fourth-order valence-corrected chi connectivity index (χ4v) is 4.50. The van der Waals surface area contributed by atoms with Crippen LogP contribution in [0.3, 0.4) is 0 Å². The van der Waals surface area contributed by atoms with Crippen molar-refractivity contribution in [3.05, 3.63) is 74.7 Å². The number of H-pyrrole nitrogens is 1. The molecule has 1 aliphatic heterocycles. The van der Waals surface area contributed by atoms with Gasteiger partial charge in [-0.25, -0.2) is 13.8 Å². The highest BCUT2D eigenvalue weighted by molar-refractivity contribution is 5.91. The molecule has 1 atom stereocenters. The lowest BCUT2D eigenvalue weighted by molar-refractivity contribution is 0.0995. The van der Waals surface area contributed by atoms with Crippen LogP contribution in [0, 0.1) is 5.82 Å². The van der Waals surface area contributed by atoms with E-state index in [-0.39, 0.29) is 35.8 Å². The van der Waals surface area contributed by atoms with Crippen molar-refractivity contribution < 1.29 is 13.6 Å². The Kier molecular flexibility index (Phi) is 5.73. The van der Waals surface area contributed by atoms with E-state index in [2.05, 4.69) is 15.0 Å². The molecule has 3 N–H and O–H groups in total. The average molecular weight is 466 g/mol. The molecule has 0 radical (unpaired) electrons. The minimum absolute atomic E-state index is 0.0689. The maximum absolute atomic E-state index is 15.3. The van der Waals surface area contributed by atoms with E-state index in [4.69, 9.17) is 5.73 Å². The summed E-state index contributed by atoms with van der Waals surface area (Å²) >= 11 is 0. The van der Waals surface area contributed by atoms with Crippen LogP contribution < -0.4 is 11.3 Å². The third-order valence-corrected chi connectivity index (χ3v) is 6.51. The summed E-state index contributed by atoms with van der Waals surface area (Å²) in [6, 6.07) is 4.86. The maximum Gasteiger partial charge on any atom is 0.267 e. The lowest BCUT2D eigenvalue weighted by atomic mass is 9.94. The van der Waals surface area contributed by atoms with Gasteiger partial charge in [0.25, 0.3) is 11.5 Å². The summed E-state index contributed by atoms with van der Waals surface area (Å²) in [5.74, 6) is -0.932. The van der Waals surface area contributed by atoms with Gasteiger partial charge >= 0.3 is 0 Å². The van der Waals surface area contributed by atoms with Crippen LogP contribution in [0.15, 0.2) is 35.3 Å². The van der Waals surface area contributed by atoms with Crippen LogP contribution in [0.4, 0.5) is 8.78 Å². The molecular weight excluding hydrogens is 440 g/mol. The molecule has 1 aliphatic carbocycles. The standard InChI is InChI=1S/C25H25F2N5O2/c1-2-13-9-20-23(31-25(13)34)21(27)15(10-29-20)11-32-8-7-16(18(26)12-32)17-5-6-19(24(28)33)30-22(17)14-3-4-14/h5-7,9-10,14,18H,2-4,8,11-12H2,1H3,(H2,28,33)(H,31,34). The number of rotatable bonds is 6. The molecule has 2 aliphatic rings. The van der Waals surface area contributed by atoms with Gasteiger partial charge in [0.1, 0.15) is 17.4 Å². The third-order valence-electron chi connectivity index (χ3n) is 6.51. The molecule has 3 aromatic rings. The first-order valence-corrected chi connectivity index (χ1v) is 11.4. The van der Waals surface area contributed by atoms with Crippen molar-refractivity contribution >= 4 is 22.5 Å². The number of halogens is 2. The van der Waals surface area contributed by atoms with E-state index in [1.807, 2.05) is 6.92 Å². The number of alkyl halides is 1. The molecule has 34 heavy (non-hydrogen) atoms. The zero-order chi connectivity index (χ0) is 24.0. The summed E-state index contributed by atoms with van der Waals surface area (Å²) in [5.41, 5.74) is 8.49. The van der Waals surface area contributed by atoms with Gasteiger partial charge in [0, 0.05) is 48.4 Å². The average Bonchev–Trinajstić information content (AvgIpc) is 3.66. The molecule has 5 rings (SSSR count). The number of fused-ring (bicyclic) bond motifs is 1. The van der Waals surface area contributed by atoms with Gasteiger partial charge in [-0.1, -0.05) is 19.1 Å². The maximum atomic E-state index is 15.3. The van der Waals surface area contributed by atoms with Crippen molar-refractivity contribution in [2.45, 2.75) is 44.8 Å². The van der Waals surface area contributed by atoms with Crippen molar-refractivity contribution in [3.8, 4) is 0 Å².